The van der Waals surface area contributed by atoms with E-state index in [4.69, 9.17) is 0 Å². The van der Waals surface area contributed by atoms with Gasteiger partial charge in [0.15, 0.2) is 11.6 Å². The Morgan fingerprint density at radius 3 is 1.44 bits per heavy atom. The summed E-state index contributed by atoms with van der Waals surface area (Å²) in [6.45, 7) is 9.80. The van der Waals surface area contributed by atoms with Gasteiger partial charge in [0.2, 0.25) is 0 Å². The monoisotopic (exact) mass is 851 g/mol. The quantitative estimate of drug-likeness (QED) is 0.269. The molecular weight excluding hydrogens is 773 g/mol. The van der Waals surface area contributed by atoms with E-state index >= 15 is 0 Å². The van der Waals surface area contributed by atoms with E-state index in [1.165, 1.54) is 89.9 Å². The van der Waals surface area contributed by atoms with Crippen LogP contribution in [-0.2, 0) is 22.7 Å². The van der Waals surface area contributed by atoms with Gasteiger partial charge in [0.1, 0.15) is 13.1 Å². The molecule has 2 N–H and O–H groups in total. The molecule has 62 heavy (non-hydrogen) atoms. The molecule has 0 amide bonds. The Hall–Kier alpha value is -2.46. The molecule has 0 aromatic carbocycles. The van der Waals surface area contributed by atoms with Gasteiger partial charge >= 0.3 is 0 Å². The topological polar surface area (TPSA) is 136 Å². The van der Waals surface area contributed by atoms with Crippen molar-refractivity contribution in [3.63, 3.8) is 0 Å². The highest BCUT2D eigenvalue weighted by atomic mass is 16.3. The van der Waals surface area contributed by atoms with Crippen LogP contribution in [0, 0.1) is 106 Å². The van der Waals surface area contributed by atoms with Gasteiger partial charge < -0.3 is 10.2 Å². The van der Waals surface area contributed by atoms with Crippen LogP contribution in [0.5, 0.6) is 0 Å². The summed E-state index contributed by atoms with van der Waals surface area (Å²) in [4.78, 5) is 28.6. The van der Waals surface area contributed by atoms with Gasteiger partial charge in [-0.3, -0.25) is 9.59 Å². The Balaban J connectivity index is 0.000000139. The molecule has 2 heterocycles. The zero-order valence-corrected chi connectivity index (χ0v) is 38.5. The van der Waals surface area contributed by atoms with Crippen molar-refractivity contribution in [3.05, 3.63) is 24.8 Å². The van der Waals surface area contributed by atoms with Crippen molar-refractivity contribution in [3.8, 4) is 0 Å². The highest BCUT2D eigenvalue weighted by Gasteiger charge is 2.65. The average Bonchev–Trinajstić information content (AvgIpc) is 4.07. The molecule has 0 saturated heterocycles. The number of fused-ring (bicyclic) bond motifs is 10. The summed E-state index contributed by atoms with van der Waals surface area (Å²) < 4.78 is 1.72. The molecule has 340 valence electrons. The second-order valence-electron chi connectivity index (χ2n) is 24.9. The van der Waals surface area contributed by atoms with Crippen LogP contribution in [0.1, 0.15) is 156 Å². The molecule has 0 aliphatic heterocycles. The Bertz CT molecular complexity index is 1800. The smallest absolute Gasteiger partial charge is 0.159 e. The minimum absolute atomic E-state index is 0.158. The van der Waals surface area contributed by atoms with Crippen LogP contribution >= 0.6 is 0 Å². The third kappa shape index (κ3) is 7.41. The summed E-state index contributed by atoms with van der Waals surface area (Å²) in [5.41, 5.74) is -0.566. The second-order valence-corrected chi connectivity index (χ2v) is 24.9. The zero-order chi connectivity index (χ0) is 42.8. The van der Waals surface area contributed by atoms with Gasteiger partial charge in [-0.25, -0.2) is 4.68 Å². The van der Waals surface area contributed by atoms with Crippen molar-refractivity contribution in [2.45, 2.75) is 180 Å². The summed E-state index contributed by atoms with van der Waals surface area (Å²) in [6, 6.07) is 0. The van der Waals surface area contributed by atoms with Gasteiger partial charge in [0.25, 0.3) is 0 Å². The lowest BCUT2D eigenvalue weighted by molar-refractivity contribution is -0.134. The predicted molar refractivity (Wildman–Crippen MR) is 236 cm³/mol. The van der Waals surface area contributed by atoms with Crippen LogP contribution in [-0.4, -0.2) is 63.0 Å². The van der Waals surface area contributed by atoms with Gasteiger partial charge in [-0.15, -0.1) is 5.10 Å². The van der Waals surface area contributed by atoms with Gasteiger partial charge in [-0.2, -0.15) is 15.0 Å². The lowest BCUT2D eigenvalue weighted by atomic mass is 9.48. The van der Waals surface area contributed by atoms with Crippen LogP contribution in [0.4, 0.5) is 0 Å². The molecule has 10 aliphatic carbocycles. The van der Waals surface area contributed by atoms with E-state index in [0.717, 1.165) is 121 Å². The van der Waals surface area contributed by atoms with Crippen LogP contribution in [0.2, 0.25) is 0 Å². The Morgan fingerprint density at radius 1 is 0.532 bits per heavy atom. The standard InChI is InChI=1S/2C26H39N3O2/c1-25(31)9-7-18-17(14-25)5-6-20-19(18)8-10-26(2)22(13-21(24(20)26)16-3-4-16)23(30)15-29-12-11-27-28-29;1-25(31)9-7-18-17(14-25)5-6-20-19(18)8-10-26(2)22(13-21(24(20)26)16-3-4-16)23(30)15-29-27-11-12-28-29/h2*11-12,16-22,24,31H,3-10,13-15H2,1-2H3/t2*17-,18+,19-,20-,21+,22-,24-,25-,26-/m11/s1. The molecule has 10 nitrogen and oxygen atoms in total. The molecular formula is C52H78N6O4. The molecule has 12 rings (SSSR count). The number of nitrogens with zero attached hydrogens (tertiary/aromatic N) is 6. The van der Waals surface area contributed by atoms with Gasteiger partial charge in [-0.05, 0) is 236 Å². The lowest BCUT2D eigenvalue weighted by Gasteiger charge is -2.57. The van der Waals surface area contributed by atoms with Crippen LogP contribution in [0.25, 0.3) is 0 Å². The Kier molecular flexibility index (Phi) is 10.6. The van der Waals surface area contributed by atoms with Crippen molar-refractivity contribution < 1.29 is 19.8 Å². The molecule has 10 heteroatoms. The highest BCUT2D eigenvalue weighted by molar-refractivity contribution is 5.82. The lowest BCUT2D eigenvalue weighted by Crippen LogP contribution is -2.52. The number of carbonyl (C=O) groups excluding carboxylic acids is 2. The van der Waals surface area contributed by atoms with Crippen molar-refractivity contribution in [2.75, 3.05) is 0 Å². The van der Waals surface area contributed by atoms with E-state index in [1.807, 2.05) is 6.20 Å². The number of rotatable bonds is 8. The first-order valence-electron chi connectivity index (χ1n) is 25.9. The van der Waals surface area contributed by atoms with Gasteiger partial charge in [0.05, 0.1) is 29.8 Å². The SMILES string of the molecule is C[C@@]1(O)CC[C@H]2[C@H](CC[C@@H]3[C@@H]2CC[C@@]2(C)[C@H]3[C@H](C3CC3)C[C@@H]2C(=O)Cn2ccnn2)C1.C[C@@]1(O)CC[C@H]2[C@H](CC[C@@H]3[C@@H]2CC[C@@]2(C)[C@H]3[C@H](C3CC3)C[C@@H]2C(=O)Cn2nccn2)C1. The summed E-state index contributed by atoms with van der Waals surface area (Å²) in [6.07, 6.45) is 31.2. The van der Waals surface area contributed by atoms with Crippen molar-refractivity contribution in [1.82, 2.24) is 30.0 Å². The van der Waals surface area contributed by atoms with E-state index in [0.29, 0.717) is 24.7 Å². The van der Waals surface area contributed by atoms with Gasteiger partial charge in [0, 0.05) is 18.0 Å². The van der Waals surface area contributed by atoms with E-state index < -0.39 is 11.2 Å². The summed E-state index contributed by atoms with van der Waals surface area (Å²) >= 11 is 0. The minimum atomic E-state index is -0.445. The first-order valence-corrected chi connectivity index (χ1v) is 25.9. The van der Waals surface area contributed by atoms with E-state index in [9.17, 15) is 19.8 Å². The molecule has 18 atom stereocenters. The number of ketones is 2. The Morgan fingerprint density at radius 2 is 0.984 bits per heavy atom. The van der Waals surface area contributed by atoms with Crippen LogP contribution in [0.3, 0.4) is 0 Å². The van der Waals surface area contributed by atoms with Crippen molar-refractivity contribution in [1.29, 1.82) is 0 Å². The van der Waals surface area contributed by atoms with Crippen LogP contribution < -0.4 is 0 Å². The van der Waals surface area contributed by atoms with E-state index in [1.54, 1.807) is 28.1 Å². The number of aliphatic hydroxyl groups is 2. The molecule has 2 aromatic rings. The molecule has 10 aliphatic rings. The third-order valence-electron chi connectivity index (χ3n) is 21.4. The fourth-order valence-electron chi connectivity index (χ4n) is 18.7. The maximum absolute atomic E-state index is 13.5. The van der Waals surface area contributed by atoms with Gasteiger partial charge in [-0.1, -0.05) is 19.1 Å². The first-order chi connectivity index (χ1) is 29.7. The summed E-state index contributed by atoms with van der Waals surface area (Å²) in [7, 11) is 0. The first kappa shape index (κ1) is 42.2. The number of hydrogen-bond donors (Lipinski definition) is 2. The fourth-order valence-corrected chi connectivity index (χ4v) is 18.7. The number of Topliss-reactive ketones (excluding diaryl/α,β-unsaturated/α-hetero) is 2. The number of hydrogen-bond acceptors (Lipinski definition) is 8. The predicted octanol–water partition coefficient (Wildman–Crippen LogP) is 9.01. The maximum Gasteiger partial charge on any atom is 0.159 e. The van der Waals surface area contributed by atoms with E-state index in [-0.39, 0.29) is 22.7 Å². The summed E-state index contributed by atoms with van der Waals surface area (Å²) in [5.74, 6) is 12.2. The number of aromatic nitrogens is 6. The Labute approximate surface area is 370 Å². The fraction of sp³-hybridized carbons (Fsp3) is 0.885. The van der Waals surface area contributed by atoms with Crippen molar-refractivity contribution >= 4 is 11.6 Å². The molecule has 2 aromatic heterocycles. The normalized spacial score (nSPS) is 49.2. The molecule has 0 spiro atoms. The maximum atomic E-state index is 13.5. The number of carbonyl (C=O) groups is 2. The summed E-state index contributed by atoms with van der Waals surface area (Å²) in [5, 5.41) is 37.7. The third-order valence-corrected chi connectivity index (χ3v) is 21.4. The molecule has 0 unspecified atom stereocenters. The average molecular weight is 851 g/mol. The molecule has 0 radical (unpaired) electrons. The second kappa shape index (κ2) is 15.6. The molecule has 10 fully saturated rings. The molecule has 10 saturated carbocycles. The van der Waals surface area contributed by atoms with Crippen molar-refractivity contribution in [2.24, 2.45) is 106 Å². The largest absolute Gasteiger partial charge is 0.390 e. The molecule has 0 bridgehead atoms. The van der Waals surface area contributed by atoms with E-state index in [2.05, 4.69) is 48.2 Å². The zero-order valence-electron chi connectivity index (χ0n) is 38.5. The minimum Gasteiger partial charge on any atom is -0.390 e. The van der Waals surface area contributed by atoms with Crippen LogP contribution in [0.15, 0.2) is 24.8 Å². The highest BCUT2D eigenvalue weighted by Crippen LogP contribution is 2.71.